The maximum Gasteiger partial charge on any atom is 0.202 e. The molecule has 2 radical (unpaired) electrons. The molecule has 0 aromatic carbocycles. The Morgan fingerprint density at radius 3 is 2.50 bits per heavy atom. The second kappa shape index (κ2) is 6.32. The summed E-state index contributed by atoms with van der Waals surface area (Å²) in [5, 5.41) is 0. The summed E-state index contributed by atoms with van der Waals surface area (Å²) in [7, 11) is 1.84. The van der Waals surface area contributed by atoms with E-state index in [1.54, 1.807) is 6.92 Å². The third kappa shape index (κ3) is 4.18. The van der Waals surface area contributed by atoms with Gasteiger partial charge in [-0.15, -0.1) is 0 Å². The van der Waals surface area contributed by atoms with Gasteiger partial charge in [0.2, 0.25) is 7.28 Å². The predicted molar refractivity (Wildman–Crippen MR) is 47.5 cm³/mol. The van der Waals surface area contributed by atoms with Gasteiger partial charge in [0.1, 0.15) is 0 Å². The van der Waals surface area contributed by atoms with E-state index in [0.29, 0.717) is 11.7 Å². The van der Waals surface area contributed by atoms with Crippen molar-refractivity contribution in [3.63, 3.8) is 0 Å². The zero-order valence-electron chi connectivity index (χ0n) is 7.75. The van der Waals surface area contributed by atoms with Gasteiger partial charge in [-0.05, 0) is 6.92 Å². The molecule has 12 heavy (non-hydrogen) atoms. The van der Waals surface area contributed by atoms with Gasteiger partial charge in [0.15, 0.2) is 0 Å². The van der Waals surface area contributed by atoms with Crippen LogP contribution in [0.3, 0.4) is 0 Å². The van der Waals surface area contributed by atoms with Gasteiger partial charge >= 0.3 is 0 Å². The van der Waals surface area contributed by atoms with Crippen molar-refractivity contribution < 1.29 is 37.5 Å². The third-order valence-corrected chi connectivity index (χ3v) is 2.42. The molecule has 0 heterocycles. The van der Waals surface area contributed by atoms with E-state index < -0.39 is 0 Å². The minimum Gasteiger partial charge on any atom is -0.341 e. The number of carbonyl (C=O) groups is 1. The smallest absolute Gasteiger partial charge is 0.202 e. The Kier molecular flexibility index (Phi) is 6.76. The average molecular weight is 239 g/mol. The van der Waals surface area contributed by atoms with Gasteiger partial charge in [-0.1, -0.05) is 31.5 Å². The van der Waals surface area contributed by atoms with Crippen molar-refractivity contribution in [3.05, 3.63) is 6.92 Å². The molecule has 0 spiro atoms. The number of hydrogen-bond donors (Lipinski definition) is 0. The molecule has 0 aliphatic heterocycles. The van der Waals surface area contributed by atoms with Crippen molar-refractivity contribution >= 4 is 13.0 Å². The molecule has 0 bridgehead atoms. The van der Waals surface area contributed by atoms with E-state index in [0.717, 1.165) is 6.42 Å². The van der Waals surface area contributed by atoms with Crippen LogP contribution in [0.25, 0.3) is 0 Å². The Hall–Kier alpha value is 0.839. The maximum absolute atomic E-state index is 10.8. The summed E-state index contributed by atoms with van der Waals surface area (Å²) >= 11 is 0. The molecular formula is C9H15BOY-. The Morgan fingerprint density at radius 1 is 1.42 bits per heavy atom. The fraction of sp³-hybridized carbons (Fsp3) is 0.778. The number of rotatable bonds is 2. The van der Waals surface area contributed by atoms with E-state index in [2.05, 4.69) is 6.92 Å². The van der Waals surface area contributed by atoms with Crippen LogP contribution in [0.5, 0.6) is 0 Å². The van der Waals surface area contributed by atoms with Crippen LogP contribution < -0.4 is 0 Å². The molecule has 0 saturated heterocycles. The zero-order chi connectivity index (χ0) is 8.27. The topological polar surface area (TPSA) is 17.1 Å². The van der Waals surface area contributed by atoms with Gasteiger partial charge < -0.3 is 11.7 Å². The van der Waals surface area contributed by atoms with Crippen LogP contribution in [0.2, 0.25) is 5.82 Å². The summed E-state index contributed by atoms with van der Waals surface area (Å²) in [4.78, 5) is 10.8. The van der Waals surface area contributed by atoms with E-state index in [1.165, 1.54) is 19.3 Å². The summed E-state index contributed by atoms with van der Waals surface area (Å²) in [6.45, 7) is 5.67. The van der Waals surface area contributed by atoms with E-state index >= 15 is 0 Å². The minimum atomic E-state index is 0. The van der Waals surface area contributed by atoms with Crippen LogP contribution >= 0.6 is 0 Å². The Labute approximate surface area is 101 Å². The largest absolute Gasteiger partial charge is 0.341 e. The van der Waals surface area contributed by atoms with Crippen LogP contribution in [0, 0.1) is 12.8 Å². The molecule has 3 heteroatoms. The first-order valence-corrected chi connectivity index (χ1v) is 4.38. The van der Waals surface area contributed by atoms with Crippen LogP contribution in [0.4, 0.5) is 0 Å². The maximum atomic E-state index is 10.8. The second-order valence-electron chi connectivity index (χ2n) is 3.49. The Bertz CT molecular complexity index is 149. The minimum absolute atomic E-state index is 0. The van der Waals surface area contributed by atoms with Crippen LogP contribution in [-0.2, 0) is 37.5 Å². The molecular weight excluding hydrogens is 224 g/mol. The van der Waals surface area contributed by atoms with Crippen LogP contribution in [-0.4, -0.2) is 13.0 Å². The van der Waals surface area contributed by atoms with Gasteiger partial charge in [0.25, 0.3) is 0 Å². The van der Waals surface area contributed by atoms with Gasteiger partial charge in [-0.3, -0.25) is 0 Å². The molecule has 2 unspecified atom stereocenters. The van der Waals surface area contributed by atoms with Crippen molar-refractivity contribution in [2.45, 2.75) is 38.4 Å². The van der Waals surface area contributed by atoms with E-state index in [9.17, 15) is 4.79 Å². The monoisotopic (exact) mass is 239 g/mol. The molecule has 1 fully saturated rings. The Morgan fingerprint density at radius 2 is 2.00 bits per heavy atom. The van der Waals surface area contributed by atoms with Crippen molar-refractivity contribution in [3.8, 4) is 0 Å². The molecule has 1 aliphatic rings. The average Bonchev–Trinajstić information content (AvgIpc) is 1.93. The van der Waals surface area contributed by atoms with Crippen molar-refractivity contribution in [1.29, 1.82) is 0 Å². The first-order valence-electron chi connectivity index (χ1n) is 4.38. The molecule has 0 aromatic heterocycles. The SMILES string of the molecule is [CH2-]C1CCCCC1[B]C(C)=O.[Y]. The molecule has 1 rings (SSSR count). The first kappa shape index (κ1) is 12.8. The third-order valence-electron chi connectivity index (χ3n) is 2.42. The van der Waals surface area contributed by atoms with E-state index in [4.69, 9.17) is 0 Å². The molecule has 0 aromatic rings. The summed E-state index contributed by atoms with van der Waals surface area (Å²) < 4.78 is 0. The molecule has 2 atom stereocenters. The van der Waals surface area contributed by atoms with Gasteiger partial charge in [0.05, 0.1) is 5.68 Å². The van der Waals surface area contributed by atoms with Crippen molar-refractivity contribution in [1.82, 2.24) is 0 Å². The van der Waals surface area contributed by atoms with Gasteiger partial charge in [0, 0.05) is 32.7 Å². The fourth-order valence-electron chi connectivity index (χ4n) is 1.76. The summed E-state index contributed by atoms with van der Waals surface area (Å²) in [5.41, 5.74) is 0.200. The summed E-state index contributed by atoms with van der Waals surface area (Å²) in [5.74, 6) is 0.939. The summed E-state index contributed by atoms with van der Waals surface area (Å²) in [6, 6.07) is 0. The number of carbonyl (C=O) groups excluding carboxylic acids is 1. The standard InChI is InChI=1S/C9H15BO.Y/c1-7-5-3-4-6-9(7)10-8(2)11;/h7,9H,1,3-6H2,2H3;/q-1;. The molecule has 1 aliphatic carbocycles. The quantitative estimate of drug-likeness (QED) is 0.532. The van der Waals surface area contributed by atoms with Crippen molar-refractivity contribution in [2.24, 2.45) is 5.92 Å². The molecule has 1 saturated carbocycles. The number of hydrogen-bond acceptors (Lipinski definition) is 1. The zero-order valence-corrected chi connectivity index (χ0v) is 10.6. The normalized spacial score (nSPS) is 28.8. The Balaban J connectivity index is 0.00000121. The fourth-order valence-corrected chi connectivity index (χ4v) is 1.76. The second-order valence-corrected chi connectivity index (χ2v) is 3.49. The van der Waals surface area contributed by atoms with Crippen molar-refractivity contribution in [2.75, 3.05) is 0 Å². The molecule has 1 nitrogen and oxygen atoms in total. The van der Waals surface area contributed by atoms with E-state index in [1.807, 2.05) is 7.28 Å². The molecule has 64 valence electrons. The summed E-state index contributed by atoms with van der Waals surface area (Å²) in [6.07, 6.45) is 4.90. The predicted octanol–water partition coefficient (Wildman–Crippen LogP) is 2.05. The van der Waals surface area contributed by atoms with Crippen LogP contribution in [0.15, 0.2) is 0 Å². The molecule has 0 N–H and O–H groups in total. The first-order chi connectivity index (χ1) is 5.20. The van der Waals surface area contributed by atoms with Crippen LogP contribution in [0.1, 0.15) is 32.6 Å². The van der Waals surface area contributed by atoms with Gasteiger partial charge in [-0.2, -0.15) is 5.92 Å². The van der Waals surface area contributed by atoms with Gasteiger partial charge in [-0.25, -0.2) is 0 Å². The van der Waals surface area contributed by atoms with E-state index in [-0.39, 0.29) is 38.4 Å². The molecule has 0 amide bonds.